The SMILES string of the molecule is Cc1ccc(CN(C)c2cc(N(C)C)ncn2)s1. The van der Waals surface area contributed by atoms with Crippen LogP contribution < -0.4 is 9.80 Å². The minimum absolute atomic E-state index is 0.877. The first kappa shape index (κ1) is 12.8. The molecule has 2 rings (SSSR count). The van der Waals surface area contributed by atoms with Crippen LogP contribution in [-0.2, 0) is 6.54 Å². The van der Waals surface area contributed by atoms with Crippen LogP contribution in [0.2, 0.25) is 0 Å². The molecule has 0 aromatic carbocycles. The molecule has 5 heteroatoms. The Morgan fingerprint density at radius 2 is 1.83 bits per heavy atom. The third kappa shape index (κ3) is 2.98. The van der Waals surface area contributed by atoms with E-state index in [2.05, 4.69) is 41.0 Å². The molecule has 0 aliphatic rings. The first-order valence-electron chi connectivity index (χ1n) is 5.82. The van der Waals surface area contributed by atoms with Gasteiger partial charge in [-0.05, 0) is 19.1 Å². The van der Waals surface area contributed by atoms with E-state index in [-0.39, 0.29) is 0 Å². The molecular weight excluding hydrogens is 244 g/mol. The molecule has 18 heavy (non-hydrogen) atoms. The van der Waals surface area contributed by atoms with Crippen LogP contribution in [0.3, 0.4) is 0 Å². The Morgan fingerprint density at radius 3 is 2.44 bits per heavy atom. The van der Waals surface area contributed by atoms with Crippen LogP contribution in [0.1, 0.15) is 9.75 Å². The molecule has 2 aromatic rings. The molecule has 0 aliphatic heterocycles. The maximum absolute atomic E-state index is 4.32. The van der Waals surface area contributed by atoms with Crippen LogP contribution in [0.4, 0.5) is 11.6 Å². The van der Waals surface area contributed by atoms with Crippen molar-refractivity contribution in [1.29, 1.82) is 0 Å². The Bertz CT molecular complexity index is 521. The van der Waals surface area contributed by atoms with Crippen molar-refractivity contribution in [2.75, 3.05) is 30.9 Å². The predicted molar refractivity (Wildman–Crippen MR) is 77.5 cm³/mol. The van der Waals surface area contributed by atoms with Crippen LogP contribution in [0.15, 0.2) is 24.5 Å². The lowest BCUT2D eigenvalue weighted by atomic mass is 10.4. The summed E-state index contributed by atoms with van der Waals surface area (Å²) in [4.78, 5) is 15.3. The lowest BCUT2D eigenvalue weighted by Gasteiger charge is -2.19. The average molecular weight is 262 g/mol. The highest BCUT2D eigenvalue weighted by molar-refractivity contribution is 7.11. The molecule has 2 heterocycles. The highest BCUT2D eigenvalue weighted by Crippen LogP contribution is 2.20. The topological polar surface area (TPSA) is 32.3 Å². The fraction of sp³-hybridized carbons (Fsp3) is 0.385. The van der Waals surface area contributed by atoms with Crippen LogP contribution in [0, 0.1) is 6.92 Å². The van der Waals surface area contributed by atoms with Crippen molar-refractivity contribution in [2.24, 2.45) is 0 Å². The van der Waals surface area contributed by atoms with Gasteiger partial charge in [-0.25, -0.2) is 9.97 Å². The zero-order chi connectivity index (χ0) is 13.1. The van der Waals surface area contributed by atoms with Crippen molar-refractivity contribution in [3.8, 4) is 0 Å². The summed E-state index contributed by atoms with van der Waals surface area (Å²) < 4.78 is 0. The summed E-state index contributed by atoms with van der Waals surface area (Å²) in [6.45, 7) is 3.01. The van der Waals surface area contributed by atoms with Crippen LogP contribution >= 0.6 is 11.3 Å². The van der Waals surface area contributed by atoms with E-state index in [1.165, 1.54) is 9.75 Å². The Hall–Kier alpha value is -1.62. The van der Waals surface area contributed by atoms with E-state index in [0.717, 1.165) is 18.2 Å². The zero-order valence-corrected chi connectivity index (χ0v) is 12.0. The second-order valence-corrected chi connectivity index (χ2v) is 5.87. The average Bonchev–Trinajstić information content (AvgIpc) is 2.75. The summed E-state index contributed by atoms with van der Waals surface area (Å²) in [6.07, 6.45) is 1.61. The minimum atomic E-state index is 0.877. The maximum atomic E-state index is 4.32. The molecule has 0 amide bonds. The Morgan fingerprint density at radius 1 is 1.11 bits per heavy atom. The molecular formula is C13H18N4S. The van der Waals surface area contributed by atoms with E-state index >= 15 is 0 Å². The van der Waals surface area contributed by atoms with Crippen LogP contribution in [-0.4, -0.2) is 31.1 Å². The quantitative estimate of drug-likeness (QED) is 0.847. The van der Waals surface area contributed by atoms with Gasteiger partial charge < -0.3 is 9.80 Å². The molecule has 0 fully saturated rings. The number of hydrogen-bond donors (Lipinski definition) is 0. The van der Waals surface area contributed by atoms with Gasteiger partial charge in [-0.3, -0.25) is 0 Å². The van der Waals surface area contributed by atoms with Crippen molar-refractivity contribution in [1.82, 2.24) is 9.97 Å². The summed E-state index contributed by atoms with van der Waals surface area (Å²) in [7, 11) is 6.01. The molecule has 0 saturated heterocycles. The smallest absolute Gasteiger partial charge is 0.134 e. The fourth-order valence-electron chi connectivity index (χ4n) is 1.68. The van der Waals surface area contributed by atoms with E-state index in [1.54, 1.807) is 6.33 Å². The number of hydrogen-bond acceptors (Lipinski definition) is 5. The van der Waals surface area contributed by atoms with E-state index in [9.17, 15) is 0 Å². The Balaban J connectivity index is 2.13. The molecule has 0 N–H and O–H groups in total. The van der Waals surface area contributed by atoms with Gasteiger partial charge in [0.25, 0.3) is 0 Å². The Kier molecular flexibility index (Phi) is 3.81. The van der Waals surface area contributed by atoms with E-state index in [0.29, 0.717) is 0 Å². The summed E-state index contributed by atoms with van der Waals surface area (Å²) in [5, 5.41) is 0. The van der Waals surface area contributed by atoms with Gasteiger partial charge in [0.05, 0.1) is 6.54 Å². The molecule has 0 radical (unpaired) electrons. The molecule has 0 saturated carbocycles. The fourth-order valence-corrected chi connectivity index (χ4v) is 2.62. The third-order valence-corrected chi connectivity index (χ3v) is 3.66. The number of aromatic nitrogens is 2. The first-order chi connectivity index (χ1) is 8.56. The normalized spacial score (nSPS) is 10.4. The second-order valence-electron chi connectivity index (χ2n) is 4.50. The van der Waals surface area contributed by atoms with Gasteiger partial charge in [0, 0.05) is 37.0 Å². The van der Waals surface area contributed by atoms with Gasteiger partial charge in [-0.2, -0.15) is 0 Å². The molecule has 0 aliphatic carbocycles. The highest BCUT2D eigenvalue weighted by Gasteiger charge is 2.07. The highest BCUT2D eigenvalue weighted by atomic mass is 32.1. The minimum Gasteiger partial charge on any atom is -0.363 e. The van der Waals surface area contributed by atoms with Crippen molar-refractivity contribution in [2.45, 2.75) is 13.5 Å². The number of anilines is 2. The largest absolute Gasteiger partial charge is 0.363 e. The van der Waals surface area contributed by atoms with Gasteiger partial charge in [-0.15, -0.1) is 11.3 Å². The van der Waals surface area contributed by atoms with Crippen LogP contribution in [0.25, 0.3) is 0 Å². The van der Waals surface area contributed by atoms with Crippen molar-refractivity contribution >= 4 is 23.0 Å². The predicted octanol–water partition coefficient (Wildman–Crippen LogP) is 2.55. The van der Waals surface area contributed by atoms with Crippen molar-refractivity contribution in [3.63, 3.8) is 0 Å². The summed E-state index contributed by atoms with van der Waals surface area (Å²) in [6, 6.07) is 6.32. The van der Waals surface area contributed by atoms with Crippen molar-refractivity contribution in [3.05, 3.63) is 34.3 Å². The van der Waals surface area contributed by atoms with Gasteiger partial charge >= 0.3 is 0 Å². The van der Waals surface area contributed by atoms with Gasteiger partial charge in [0.15, 0.2) is 0 Å². The number of rotatable bonds is 4. The van der Waals surface area contributed by atoms with E-state index in [1.807, 2.05) is 36.4 Å². The van der Waals surface area contributed by atoms with E-state index < -0.39 is 0 Å². The molecule has 0 spiro atoms. The molecule has 0 bridgehead atoms. The summed E-state index contributed by atoms with van der Waals surface area (Å²) in [5.74, 6) is 1.87. The number of nitrogens with zero attached hydrogens (tertiary/aromatic N) is 4. The Labute approximate surface area is 112 Å². The van der Waals surface area contributed by atoms with Gasteiger partial charge in [0.1, 0.15) is 18.0 Å². The zero-order valence-electron chi connectivity index (χ0n) is 11.2. The lowest BCUT2D eigenvalue weighted by molar-refractivity contribution is 0.899. The number of thiophene rings is 1. The molecule has 4 nitrogen and oxygen atoms in total. The van der Waals surface area contributed by atoms with Crippen LogP contribution in [0.5, 0.6) is 0 Å². The van der Waals surface area contributed by atoms with Crippen molar-refractivity contribution < 1.29 is 0 Å². The summed E-state index contributed by atoms with van der Waals surface area (Å²) in [5.41, 5.74) is 0. The maximum Gasteiger partial charge on any atom is 0.134 e. The number of aryl methyl sites for hydroxylation is 1. The first-order valence-corrected chi connectivity index (χ1v) is 6.64. The lowest BCUT2D eigenvalue weighted by Crippen LogP contribution is -2.18. The molecule has 0 unspecified atom stereocenters. The molecule has 2 aromatic heterocycles. The monoisotopic (exact) mass is 262 g/mol. The molecule has 96 valence electrons. The second kappa shape index (κ2) is 5.35. The van der Waals surface area contributed by atoms with E-state index in [4.69, 9.17) is 0 Å². The van der Waals surface area contributed by atoms with Gasteiger partial charge in [-0.1, -0.05) is 0 Å². The standard InChI is InChI=1S/C13H18N4S/c1-10-5-6-11(18-10)8-17(4)13-7-12(16(2)3)14-9-15-13/h5-7,9H,8H2,1-4H3. The van der Waals surface area contributed by atoms with Gasteiger partial charge in [0.2, 0.25) is 0 Å². The molecule has 0 atom stereocenters. The summed E-state index contributed by atoms with van der Waals surface area (Å²) >= 11 is 1.83. The third-order valence-electron chi connectivity index (χ3n) is 2.68.